The third-order valence-corrected chi connectivity index (χ3v) is 4.34. The number of fused-ring (bicyclic) bond motifs is 1. The fourth-order valence-corrected chi connectivity index (χ4v) is 3.02. The van der Waals surface area contributed by atoms with Crippen molar-refractivity contribution >= 4 is 28.6 Å². The molecule has 138 valence electrons. The monoisotopic (exact) mass is 355 g/mol. The van der Waals surface area contributed by atoms with Crippen molar-refractivity contribution in [2.24, 2.45) is 5.92 Å². The van der Waals surface area contributed by atoms with E-state index in [1.807, 2.05) is 45.9 Å². The minimum Gasteiger partial charge on any atom is -0.444 e. The Bertz CT molecular complexity index is 842. The van der Waals surface area contributed by atoms with E-state index in [1.54, 1.807) is 11.1 Å². The highest BCUT2D eigenvalue weighted by molar-refractivity contribution is 5.94. The Balaban J connectivity index is 1.63. The van der Waals surface area contributed by atoms with Crippen LogP contribution in [-0.2, 0) is 9.53 Å². The first-order valence-corrected chi connectivity index (χ1v) is 8.86. The molecule has 2 amide bonds. The zero-order valence-electron chi connectivity index (χ0n) is 15.7. The largest absolute Gasteiger partial charge is 0.444 e. The lowest BCUT2D eigenvalue weighted by Crippen LogP contribution is -2.36. The zero-order valence-corrected chi connectivity index (χ0v) is 15.7. The Labute approximate surface area is 153 Å². The number of amides is 2. The van der Waals surface area contributed by atoms with Gasteiger partial charge in [-0.05, 0) is 45.6 Å². The summed E-state index contributed by atoms with van der Waals surface area (Å²) in [6, 6.07) is 7.98. The molecule has 0 bridgehead atoms. The van der Waals surface area contributed by atoms with E-state index in [9.17, 15) is 9.59 Å². The Morgan fingerprint density at radius 1 is 1.23 bits per heavy atom. The van der Waals surface area contributed by atoms with Gasteiger partial charge in [-0.15, -0.1) is 0 Å². The van der Waals surface area contributed by atoms with Crippen LogP contribution in [0.4, 0.5) is 10.6 Å². The topological polar surface area (TPSA) is 71.5 Å². The first-order valence-electron chi connectivity index (χ1n) is 8.86. The summed E-state index contributed by atoms with van der Waals surface area (Å²) < 4.78 is 5.37. The van der Waals surface area contributed by atoms with E-state index in [0.29, 0.717) is 25.3 Å². The molecule has 6 heteroatoms. The molecule has 2 aromatic rings. The van der Waals surface area contributed by atoms with Gasteiger partial charge in [0.05, 0.1) is 5.92 Å². The van der Waals surface area contributed by atoms with E-state index in [2.05, 4.69) is 16.4 Å². The first-order chi connectivity index (χ1) is 12.2. The van der Waals surface area contributed by atoms with Crippen molar-refractivity contribution in [2.45, 2.75) is 39.7 Å². The number of anilines is 1. The molecule has 6 nitrogen and oxygen atoms in total. The maximum absolute atomic E-state index is 12.5. The average molecular weight is 355 g/mol. The third-order valence-electron chi connectivity index (χ3n) is 4.34. The highest BCUT2D eigenvalue weighted by atomic mass is 16.6. The number of carbonyl (C=O) groups is 2. The van der Waals surface area contributed by atoms with Gasteiger partial charge in [0.2, 0.25) is 5.91 Å². The number of hydrogen-bond donors (Lipinski definition) is 1. The number of aromatic nitrogens is 1. The molecule has 1 aliphatic rings. The summed E-state index contributed by atoms with van der Waals surface area (Å²) in [7, 11) is 0. The molecule has 2 heterocycles. The van der Waals surface area contributed by atoms with Gasteiger partial charge in [0, 0.05) is 24.7 Å². The van der Waals surface area contributed by atoms with E-state index in [0.717, 1.165) is 16.3 Å². The van der Waals surface area contributed by atoms with E-state index >= 15 is 0 Å². The minimum atomic E-state index is -0.537. The Hall–Kier alpha value is -2.63. The van der Waals surface area contributed by atoms with Crippen LogP contribution in [0.25, 0.3) is 10.8 Å². The quantitative estimate of drug-likeness (QED) is 0.891. The molecule has 0 aliphatic carbocycles. The normalized spacial score (nSPS) is 17.4. The van der Waals surface area contributed by atoms with Crippen LogP contribution in [0.15, 0.2) is 30.5 Å². The second-order valence-electron chi connectivity index (χ2n) is 7.82. The van der Waals surface area contributed by atoms with Crippen LogP contribution >= 0.6 is 0 Å². The summed E-state index contributed by atoms with van der Waals surface area (Å²) in [5, 5.41) is 4.95. The SMILES string of the molecule is Cc1ccc2cnc(NC(=O)[C@H]3CCN(C(=O)OC(C)(C)C)C3)cc2c1. The number of benzene rings is 1. The molecule has 0 unspecified atom stereocenters. The maximum Gasteiger partial charge on any atom is 0.410 e. The smallest absolute Gasteiger partial charge is 0.410 e. The molecule has 1 fully saturated rings. The molecular weight excluding hydrogens is 330 g/mol. The number of likely N-dealkylation sites (tertiary alicyclic amines) is 1. The van der Waals surface area contributed by atoms with Crippen LogP contribution in [-0.4, -0.2) is 40.6 Å². The summed E-state index contributed by atoms with van der Waals surface area (Å²) in [6.07, 6.45) is 2.01. The van der Waals surface area contributed by atoms with Gasteiger partial charge in [0.25, 0.3) is 0 Å². The molecule has 0 spiro atoms. The number of rotatable bonds is 2. The average Bonchev–Trinajstić information content (AvgIpc) is 3.03. The number of nitrogens with zero attached hydrogens (tertiary/aromatic N) is 2. The van der Waals surface area contributed by atoms with Crippen molar-refractivity contribution in [2.75, 3.05) is 18.4 Å². The molecule has 3 rings (SSSR count). The molecule has 26 heavy (non-hydrogen) atoms. The number of hydrogen-bond acceptors (Lipinski definition) is 4. The highest BCUT2D eigenvalue weighted by Crippen LogP contribution is 2.22. The number of aryl methyl sites for hydroxylation is 1. The van der Waals surface area contributed by atoms with Gasteiger partial charge in [-0.2, -0.15) is 0 Å². The summed E-state index contributed by atoms with van der Waals surface area (Å²) >= 11 is 0. The van der Waals surface area contributed by atoms with E-state index in [4.69, 9.17) is 4.74 Å². The van der Waals surface area contributed by atoms with Crippen molar-refractivity contribution in [1.29, 1.82) is 0 Å². The second kappa shape index (κ2) is 6.94. The minimum absolute atomic E-state index is 0.115. The molecule has 1 aliphatic heterocycles. The van der Waals surface area contributed by atoms with Crippen molar-refractivity contribution in [3.63, 3.8) is 0 Å². The third kappa shape index (κ3) is 4.31. The summed E-state index contributed by atoms with van der Waals surface area (Å²) in [5.74, 6) is 0.164. The lowest BCUT2D eigenvalue weighted by Gasteiger charge is -2.24. The zero-order chi connectivity index (χ0) is 18.9. The highest BCUT2D eigenvalue weighted by Gasteiger charge is 2.33. The Morgan fingerprint density at radius 3 is 2.73 bits per heavy atom. The van der Waals surface area contributed by atoms with Crippen LogP contribution in [0, 0.1) is 12.8 Å². The lowest BCUT2D eigenvalue weighted by molar-refractivity contribution is -0.119. The molecule has 1 atom stereocenters. The van der Waals surface area contributed by atoms with Gasteiger partial charge in [0.15, 0.2) is 0 Å². The van der Waals surface area contributed by atoms with Gasteiger partial charge in [-0.25, -0.2) is 9.78 Å². The van der Waals surface area contributed by atoms with Crippen LogP contribution in [0.1, 0.15) is 32.8 Å². The second-order valence-corrected chi connectivity index (χ2v) is 7.82. The number of pyridine rings is 1. The van der Waals surface area contributed by atoms with Gasteiger partial charge >= 0.3 is 6.09 Å². The van der Waals surface area contributed by atoms with Gasteiger partial charge in [-0.1, -0.05) is 23.8 Å². The van der Waals surface area contributed by atoms with Crippen LogP contribution in [0.2, 0.25) is 0 Å². The molecular formula is C20H25N3O3. The first kappa shape index (κ1) is 18.2. The van der Waals surface area contributed by atoms with Crippen LogP contribution < -0.4 is 5.32 Å². The maximum atomic E-state index is 12.5. The van der Waals surface area contributed by atoms with Crippen molar-refractivity contribution < 1.29 is 14.3 Å². The van der Waals surface area contributed by atoms with Crippen LogP contribution in [0.3, 0.4) is 0 Å². The van der Waals surface area contributed by atoms with E-state index < -0.39 is 5.60 Å². The van der Waals surface area contributed by atoms with E-state index in [-0.39, 0.29) is 17.9 Å². The van der Waals surface area contributed by atoms with Gasteiger partial charge in [-0.3, -0.25) is 4.79 Å². The summed E-state index contributed by atoms with van der Waals surface area (Å²) in [6.45, 7) is 8.42. The van der Waals surface area contributed by atoms with Gasteiger partial charge in [0.1, 0.15) is 11.4 Å². The molecule has 1 saturated heterocycles. The fraction of sp³-hybridized carbons (Fsp3) is 0.450. The molecule has 0 radical (unpaired) electrons. The number of nitrogens with one attached hydrogen (secondary N) is 1. The molecule has 1 aromatic carbocycles. The van der Waals surface area contributed by atoms with Gasteiger partial charge < -0.3 is 15.0 Å². The predicted octanol–water partition coefficient (Wildman–Crippen LogP) is 3.74. The standard InChI is InChI=1S/C20H25N3O3/c1-13-5-6-14-11-21-17(10-16(14)9-13)22-18(24)15-7-8-23(12-15)19(25)26-20(2,3)4/h5-6,9-11,15H,7-8,12H2,1-4H3,(H,21,22,24)/t15-/m0/s1. The number of carbonyl (C=O) groups excluding carboxylic acids is 2. The molecule has 1 aromatic heterocycles. The van der Waals surface area contributed by atoms with Crippen LogP contribution in [0.5, 0.6) is 0 Å². The number of ether oxygens (including phenoxy) is 1. The van der Waals surface area contributed by atoms with Crippen molar-refractivity contribution in [3.8, 4) is 0 Å². The summed E-state index contributed by atoms with van der Waals surface area (Å²) in [4.78, 5) is 30.6. The molecule has 1 N–H and O–H groups in total. The summed E-state index contributed by atoms with van der Waals surface area (Å²) in [5.41, 5.74) is 0.620. The van der Waals surface area contributed by atoms with Crippen molar-refractivity contribution in [3.05, 3.63) is 36.0 Å². The Kier molecular flexibility index (Phi) is 4.85. The molecule has 0 saturated carbocycles. The van der Waals surface area contributed by atoms with Crippen molar-refractivity contribution in [1.82, 2.24) is 9.88 Å². The Morgan fingerprint density at radius 2 is 2.00 bits per heavy atom. The predicted molar refractivity (Wildman–Crippen MR) is 101 cm³/mol. The lowest BCUT2D eigenvalue weighted by atomic mass is 10.1. The fourth-order valence-electron chi connectivity index (χ4n) is 3.02. The van der Waals surface area contributed by atoms with E-state index in [1.165, 1.54) is 0 Å².